The zero-order chi connectivity index (χ0) is 11.9. The first-order chi connectivity index (χ1) is 7.47. The summed E-state index contributed by atoms with van der Waals surface area (Å²) in [7, 11) is 0. The molecule has 1 nitrogen and oxygen atoms in total. The zero-order valence-electron chi connectivity index (χ0n) is 10.7. The Kier molecular flexibility index (Phi) is 3.00. The van der Waals surface area contributed by atoms with E-state index in [2.05, 4.69) is 39.5 Å². The molecule has 0 aliphatic heterocycles. The monoisotopic (exact) mass is 220 g/mol. The van der Waals surface area contributed by atoms with Crippen LogP contribution in [-0.2, 0) is 0 Å². The second kappa shape index (κ2) is 4.03. The Labute approximate surface area is 99.3 Å². The van der Waals surface area contributed by atoms with E-state index in [0.29, 0.717) is 11.8 Å². The normalized spacial score (nSPS) is 43.6. The molecule has 0 heterocycles. The molecular weight excluding hydrogens is 196 g/mol. The molecule has 0 aromatic heterocycles. The van der Waals surface area contributed by atoms with Crippen molar-refractivity contribution in [2.24, 2.45) is 23.2 Å². The van der Waals surface area contributed by atoms with Crippen molar-refractivity contribution in [1.29, 1.82) is 0 Å². The number of hydrogen-bond donors (Lipinski definition) is 1. The second-order valence-electron chi connectivity index (χ2n) is 6.07. The Hall–Kier alpha value is -0.560. The molecule has 0 amide bonds. The Bertz CT molecular complexity index is 315. The Morgan fingerprint density at radius 2 is 2.12 bits per heavy atom. The summed E-state index contributed by atoms with van der Waals surface area (Å²) in [6.45, 7) is 10.9. The van der Waals surface area contributed by atoms with Crippen LogP contribution < -0.4 is 0 Å². The van der Waals surface area contributed by atoms with Gasteiger partial charge in [0.25, 0.3) is 0 Å². The van der Waals surface area contributed by atoms with E-state index in [1.54, 1.807) is 0 Å². The van der Waals surface area contributed by atoms with Crippen LogP contribution in [0.3, 0.4) is 0 Å². The lowest BCUT2D eigenvalue weighted by molar-refractivity contribution is 0.0764. The molecule has 4 atom stereocenters. The minimum atomic E-state index is -0.327. The average molecular weight is 220 g/mol. The predicted molar refractivity (Wildman–Crippen MR) is 68.1 cm³/mol. The number of rotatable bonds is 1. The molecule has 0 aromatic rings. The summed E-state index contributed by atoms with van der Waals surface area (Å²) in [6, 6.07) is 0. The molecule has 16 heavy (non-hydrogen) atoms. The van der Waals surface area contributed by atoms with Crippen LogP contribution in [0.4, 0.5) is 0 Å². The van der Waals surface area contributed by atoms with E-state index in [1.165, 1.54) is 12.8 Å². The van der Waals surface area contributed by atoms with Gasteiger partial charge in [0, 0.05) is 0 Å². The molecule has 1 fully saturated rings. The van der Waals surface area contributed by atoms with Gasteiger partial charge >= 0.3 is 0 Å². The fourth-order valence-electron chi connectivity index (χ4n) is 3.83. The third kappa shape index (κ3) is 1.66. The van der Waals surface area contributed by atoms with Crippen molar-refractivity contribution in [3.63, 3.8) is 0 Å². The lowest BCUT2D eigenvalue weighted by atomic mass is 9.63. The Morgan fingerprint density at radius 1 is 1.44 bits per heavy atom. The summed E-state index contributed by atoms with van der Waals surface area (Å²) in [5, 5.41) is 10.1. The van der Waals surface area contributed by atoms with E-state index in [1.807, 2.05) is 0 Å². The number of allylic oxidation sites excluding steroid dienone is 1. The molecule has 0 radical (unpaired) electrons. The molecule has 0 bridgehead atoms. The first-order valence-corrected chi connectivity index (χ1v) is 6.53. The smallest absolute Gasteiger partial charge is 0.0792 e. The molecule has 0 aromatic carbocycles. The van der Waals surface area contributed by atoms with E-state index in [-0.39, 0.29) is 11.5 Å². The first kappa shape index (κ1) is 11.9. The maximum Gasteiger partial charge on any atom is 0.0792 e. The number of aliphatic hydroxyl groups is 1. The van der Waals surface area contributed by atoms with Gasteiger partial charge in [-0.1, -0.05) is 39.5 Å². The highest BCUT2D eigenvalue weighted by Gasteiger charge is 2.49. The van der Waals surface area contributed by atoms with E-state index >= 15 is 0 Å². The highest BCUT2D eigenvalue weighted by molar-refractivity contribution is 5.29. The molecule has 2 aliphatic carbocycles. The summed E-state index contributed by atoms with van der Waals surface area (Å²) in [6.07, 6.45) is 7.57. The van der Waals surface area contributed by atoms with Crippen LogP contribution in [-0.4, -0.2) is 11.2 Å². The number of aliphatic hydroxyl groups excluding tert-OH is 1. The Balaban J connectivity index is 2.34. The van der Waals surface area contributed by atoms with Crippen LogP contribution in [0.2, 0.25) is 0 Å². The van der Waals surface area contributed by atoms with Crippen molar-refractivity contribution in [3.05, 3.63) is 24.3 Å². The quantitative estimate of drug-likeness (QED) is 0.716. The highest BCUT2D eigenvalue weighted by Crippen LogP contribution is 2.56. The van der Waals surface area contributed by atoms with Crippen molar-refractivity contribution >= 4 is 0 Å². The van der Waals surface area contributed by atoms with Gasteiger partial charge in [-0.25, -0.2) is 0 Å². The summed E-state index contributed by atoms with van der Waals surface area (Å²) >= 11 is 0. The number of hydrogen-bond acceptors (Lipinski definition) is 1. The van der Waals surface area contributed by atoms with Crippen LogP contribution in [0.15, 0.2) is 24.3 Å². The second-order valence-corrected chi connectivity index (χ2v) is 6.07. The van der Waals surface area contributed by atoms with Crippen molar-refractivity contribution in [3.8, 4) is 0 Å². The molecule has 1 heteroatoms. The summed E-state index contributed by atoms with van der Waals surface area (Å²) in [4.78, 5) is 0. The van der Waals surface area contributed by atoms with Crippen molar-refractivity contribution < 1.29 is 5.11 Å². The highest BCUT2D eigenvalue weighted by atomic mass is 16.3. The van der Waals surface area contributed by atoms with Gasteiger partial charge in [0.1, 0.15) is 0 Å². The molecule has 1 spiro atoms. The van der Waals surface area contributed by atoms with Gasteiger partial charge in [-0.05, 0) is 48.0 Å². The summed E-state index contributed by atoms with van der Waals surface area (Å²) in [5.41, 5.74) is 1.11. The topological polar surface area (TPSA) is 20.2 Å². The maximum atomic E-state index is 10.1. The van der Waals surface area contributed by atoms with Crippen molar-refractivity contribution in [2.75, 3.05) is 0 Å². The van der Waals surface area contributed by atoms with Crippen LogP contribution >= 0.6 is 0 Å². The lowest BCUT2D eigenvalue weighted by Gasteiger charge is -2.43. The van der Waals surface area contributed by atoms with Gasteiger partial charge in [-0.3, -0.25) is 0 Å². The minimum absolute atomic E-state index is 0.231. The van der Waals surface area contributed by atoms with Gasteiger partial charge in [0.15, 0.2) is 0 Å². The molecular formula is C15H24O. The van der Waals surface area contributed by atoms with E-state index in [0.717, 1.165) is 17.9 Å². The Morgan fingerprint density at radius 3 is 2.69 bits per heavy atom. The van der Waals surface area contributed by atoms with Crippen LogP contribution in [0.5, 0.6) is 0 Å². The first-order valence-electron chi connectivity index (χ1n) is 6.53. The van der Waals surface area contributed by atoms with Gasteiger partial charge < -0.3 is 5.11 Å². The fraction of sp³-hybridized carbons (Fsp3) is 0.733. The van der Waals surface area contributed by atoms with Crippen molar-refractivity contribution in [1.82, 2.24) is 0 Å². The maximum absolute atomic E-state index is 10.1. The van der Waals surface area contributed by atoms with Gasteiger partial charge in [0.05, 0.1) is 6.10 Å². The molecule has 2 rings (SSSR count). The molecule has 2 aliphatic rings. The predicted octanol–water partition coefficient (Wildman–Crippen LogP) is 3.55. The zero-order valence-corrected chi connectivity index (χ0v) is 10.7. The molecule has 1 N–H and O–H groups in total. The average Bonchev–Trinajstić information content (AvgIpc) is 2.51. The van der Waals surface area contributed by atoms with E-state index in [4.69, 9.17) is 0 Å². The van der Waals surface area contributed by atoms with Crippen LogP contribution in [0.1, 0.15) is 40.0 Å². The summed E-state index contributed by atoms with van der Waals surface area (Å²) < 4.78 is 0. The summed E-state index contributed by atoms with van der Waals surface area (Å²) in [5.74, 6) is 2.12. The molecule has 90 valence electrons. The van der Waals surface area contributed by atoms with Crippen LogP contribution in [0, 0.1) is 23.2 Å². The third-order valence-corrected chi connectivity index (χ3v) is 4.91. The molecule has 1 saturated carbocycles. The largest absolute Gasteiger partial charge is 0.388 e. The van der Waals surface area contributed by atoms with Crippen molar-refractivity contribution in [2.45, 2.75) is 46.1 Å². The van der Waals surface area contributed by atoms with Gasteiger partial charge in [-0.15, -0.1) is 0 Å². The lowest BCUT2D eigenvalue weighted by Crippen LogP contribution is -2.38. The van der Waals surface area contributed by atoms with Gasteiger partial charge in [-0.2, -0.15) is 0 Å². The standard InChI is InChI=1S/C15H24O/c1-10(2)13-6-5-12(4)15(13)8-7-11(3)14(16)9-15/h7-8,10,12-14,16H,3,5-6,9H2,1-2,4H3/t12-,13+,14+,15+/m0/s1. The van der Waals surface area contributed by atoms with E-state index < -0.39 is 0 Å². The molecule has 0 saturated heterocycles. The fourth-order valence-corrected chi connectivity index (χ4v) is 3.83. The molecule has 0 unspecified atom stereocenters. The SMILES string of the molecule is C=C1C=C[C@]2(C[C@H]1O)[C@@H](C(C)C)CC[C@@H]2C. The van der Waals surface area contributed by atoms with Crippen LogP contribution in [0.25, 0.3) is 0 Å². The third-order valence-electron chi connectivity index (χ3n) is 4.91. The van der Waals surface area contributed by atoms with Gasteiger partial charge in [0.2, 0.25) is 0 Å². The minimum Gasteiger partial charge on any atom is -0.388 e. The van der Waals surface area contributed by atoms with E-state index in [9.17, 15) is 5.11 Å².